The van der Waals surface area contributed by atoms with Crippen LogP contribution in [0.25, 0.3) is 0 Å². The van der Waals surface area contributed by atoms with Crippen molar-refractivity contribution in [3.63, 3.8) is 0 Å². The van der Waals surface area contributed by atoms with Crippen LogP contribution in [0.4, 0.5) is 4.79 Å². The van der Waals surface area contributed by atoms with Crippen molar-refractivity contribution < 1.29 is 19.1 Å². The molecule has 0 aliphatic carbocycles. The highest BCUT2D eigenvalue weighted by atomic mass is 16.5. The summed E-state index contributed by atoms with van der Waals surface area (Å²) in [5.74, 6) is -1.24. The Morgan fingerprint density at radius 3 is 2.16 bits per heavy atom. The molecule has 0 atom stereocenters. The minimum absolute atomic E-state index is 0.165. The second-order valence-electron chi connectivity index (χ2n) is 4.25. The fourth-order valence-electron chi connectivity index (χ4n) is 2.17. The van der Waals surface area contributed by atoms with Crippen LogP contribution in [0.2, 0.25) is 0 Å². The van der Waals surface area contributed by atoms with Crippen LogP contribution in [0.1, 0.15) is 12.0 Å². The summed E-state index contributed by atoms with van der Waals surface area (Å²) < 4.78 is 4.97. The van der Waals surface area contributed by atoms with E-state index in [9.17, 15) is 14.4 Å². The van der Waals surface area contributed by atoms with Crippen molar-refractivity contribution in [3.8, 4) is 0 Å². The summed E-state index contributed by atoms with van der Waals surface area (Å²) >= 11 is 0. The highest BCUT2D eigenvalue weighted by Gasteiger charge is 2.51. The molecule has 0 radical (unpaired) electrons. The normalized spacial score (nSPS) is 17.8. The predicted octanol–water partition coefficient (Wildman–Crippen LogP) is 0.327. The molecule has 1 aromatic rings. The lowest BCUT2D eigenvalue weighted by Crippen LogP contribution is -2.65. The highest BCUT2D eigenvalue weighted by Crippen LogP contribution is 2.30. The lowest BCUT2D eigenvalue weighted by Gasteiger charge is -2.34. The number of urea groups is 1. The van der Waals surface area contributed by atoms with Crippen molar-refractivity contribution in [2.24, 2.45) is 0 Å². The Bertz CT molecular complexity index is 493. The van der Waals surface area contributed by atoms with Crippen LogP contribution in [-0.2, 0) is 19.7 Å². The summed E-state index contributed by atoms with van der Waals surface area (Å²) in [6.07, 6.45) is 0.165. The molecule has 19 heavy (non-hydrogen) atoms. The largest absolute Gasteiger partial charge is 0.385 e. The van der Waals surface area contributed by atoms with E-state index in [0.29, 0.717) is 5.56 Å². The Kier molecular flexibility index (Phi) is 3.62. The van der Waals surface area contributed by atoms with Crippen LogP contribution in [0.3, 0.4) is 0 Å². The summed E-state index contributed by atoms with van der Waals surface area (Å²) in [6.45, 7) is 0.226. The molecule has 1 aliphatic heterocycles. The third-order valence-electron chi connectivity index (χ3n) is 3.18. The molecule has 6 nitrogen and oxygen atoms in total. The first-order valence-electron chi connectivity index (χ1n) is 5.82. The molecule has 1 heterocycles. The quantitative estimate of drug-likeness (QED) is 0.766. The van der Waals surface area contributed by atoms with Crippen LogP contribution < -0.4 is 10.6 Å². The van der Waals surface area contributed by atoms with Crippen molar-refractivity contribution in [2.45, 2.75) is 11.8 Å². The van der Waals surface area contributed by atoms with Gasteiger partial charge in [-0.1, -0.05) is 30.3 Å². The number of hydrogen-bond donors (Lipinski definition) is 2. The zero-order valence-electron chi connectivity index (χ0n) is 10.4. The van der Waals surface area contributed by atoms with E-state index in [0.717, 1.165) is 0 Å². The Balaban J connectivity index is 2.48. The van der Waals surface area contributed by atoms with E-state index in [1.807, 2.05) is 0 Å². The molecule has 0 spiro atoms. The molecular weight excluding hydrogens is 248 g/mol. The minimum atomic E-state index is -1.43. The summed E-state index contributed by atoms with van der Waals surface area (Å²) in [4.78, 5) is 35.6. The molecule has 6 heteroatoms. The first-order valence-corrected chi connectivity index (χ1v) is 5.82. The number of imide groups is 2. The number of benzene rings is 1. The number of barbiturate groups is 1. The smallest absolute Gasteiger partial charge is 0.328 e. The molecule has 0 saturated carbocycles. The molecule has 4 amide bonds. The van der Waals surface area contributed by atoms with Gasteiger partial charge in [0.05, 0.1) is 0 Å². The van der Waals surface area contributed by atoms with Crippen LogP contribution in [0.5, 0.6) is 0 Å². The zero-order valence-corrected chi connectivity index (χ0v) is 10.4. The number of amides is 4. The third kappa shape index (κ3) is 2.22. The third-order valence-corrected chi connectivity index (χ3v) is 3.18. The Hall–Kier alpha value is -2.21. The van der Waals surface area contributed by atoms with E-state index < -0.39 is 23.3 Å². The Morgan fingerprint density at radius 1 is 1.05 bits per heavy atom. The number of rotatable bonds is 4. The fourth-order valence-corrected chi connectivity index (χ4v) is 2.17. The van der Waals surface area contributed by atoms with Crippen molar-refractivity contribution in [2.75, 3.05) is 13.7 Å². The van der Waals surface area contributed by atoms with Gasteiger partial charge in [0, 0.05) is 13.7 Å². The fraction of sp³-hybridized carbons (Fsp3) is 0.308. The molecule has 2 N–H and O–H groups in total. The van der Waals surface area contributed by atoms with Gasteiger partial charge in [-0.3, -0.25) is 20.2 Å². The predicted molar refractivity (Wildman–Crippen MR) is 66.3 cm³/mol. The minimum Gasteiger partial charge on any atom is -0.385 e. The first kappa shape index (κ1) is 13.2. The van der Waals surface area contributed by atoms with Gasteiger partial charge in [0.2, 0.25) is 11.8 Å². The topological polar surface area (TPSA) is 84.5 Å². The van der Waals surface area contributed by atoms with Crippen LogP contribution in [0.15, 0.2) is 30.3 Å². The molecule has 1 fully saturated rings. The van der Waals surface area contributed by atoms with E-state index >= 15 is 0 Å². The molecule has 1 aromatic carbocycles. The van der Waals surface area contributed by atoms with Crippen LogP contribution in [0, 0.1) is 0 Å². The van der Waals surface area contributed by atoms with E-state index in [1.165, 1.54) is 7.11 Å². The van der Waals surface area contributed by atoms with Gasteiger partial charge in [0.1, 0.15) is 0 Å². The summed E-state index contributed by atoms with van der Waals surface area (Å²) in [5, 5.41) is 4.29. The first-order chi connectivity index (χ1) is 9.11. The maximum Gasteiger partial charge on any atom is 0.328 e. The average molecular weight is 262 g/mol. The standard InChI is InChI=1S/C13H14N2O4/c1-19-8-7-13(9-5-3-2-4-6-9)10(16)14-12(18)15-11(13)17/h2-6H,7-8H2,1H3,(H2,14,15,16,17,18). The Labute approximate surface area is 110 Å². The highest BCUT2D eigenvalue weighted by molar-refractivity contribution is 6.22. The summed E-state index contributed by atoms with van der Waals surface area (Å²) in [6, 6.07) is 7.84. The van der Waals surface area contributed by atoms with Crippen LogP contribution in [-0.4, -0.2) is 31.6 Å². The summed E-state index contributed by atoms with van der Waals surface area (Å²) in [5.41, 5.74) is -0.889. The zero-order chi connectivity index (χ0) is 13.9. The average Bonchev–Trinajstić information content (AvgIpc) is 2.39. The van der Waals surface area contributed by atoms with Gasteiger partial charge < -0.3 is 4.74 Å². The van der Waals surface area contributed by atoms with Gasteiger partial charge in [0.25, 0.3) is 0 Å². The molecule has 0 aromatic heterocycles. The van der Waals surface area contributed by atoms with Gasteiger partial charge in [-0.25, -0.2) is 4.79 Å². The lowest BCUT2D eigenvalue weighted by atomic mass is 9.75. The van der Waals surface area contributed by atoms with Gasteiger partial charge in [-0.15, -0.1) is 0 Å². The number of hydrogen-bond acceptors (Lipinski definition) is 4. The number of methoxy groups -OCH3 is 1. The van der Waals surface area contributed by atoms with Crippen LogP contribution >= 0.6 is 0 Å². The van der Waals surface area contributed by atoms with Crippen molar-refractivity contribution in [3.05, 3.63) is 35.9 Å². The molecular formula is C13H14N2O4. The lowest BCUT2D eigenvalue weighted by molar-refractivity contribution is -0.139. The molecule has 1 saturated heterocycles. The number of nitrogens with one attached hydrogen (secondary N) is 2. The maximum atomic E-state index is 12.2. The number of carbonyl (C=O) groups excluding carboxylic acids is 3. The van der Waals surface area contributed by atoms with Gasteiger partial charge in [0.15, 0.2) is 5.41 Å². The van der Waals surface area contributed by atoms with Gasteiger partial charge in [-0.2, -0.15) is 0 Å². The number of carbonyl (C=O) groups is 3. The van der Waals surface area contributed by atoms with E-state index in [1.54, 1.807) is 30.3 Å². The van der Waals surface area contributed by atoms with E-state index in [4.69, 9.17) is 4.74 Å². The van der Waals surface area contributed by atoms with Crippen molar-refractivity contribution in [1.29, 1.82) is 0 Å². The monoisotopic (exact) mass is 262 g/mol. The number of ether oxygens (including phenoxy) is 1. The van der Waals surface area contributed by atoms with Gasteiger partial charge in [-0.05, 0) is 12.0 Å². The Morgan fingerprint density at radius 2 is 1.63 bits per heavy atom. The SMILES string of the molecule is COCCC1(c2ccccc2)C(=O)NC(=O)NC1=O. The van der Waals surface area contributed by atoms with Crippen molar-refractivity contribution in [1.82, 2.24) is 10.6 Å². The molecule has 100 valence electrons. The maximum absolute atomic E-state index is 12.2. The van der Waals surface area contributed by atoms with Gasteiger partial charge >= 0.3 is 6.03 Å². The molecule has 2 rings (SSSR count). The molecule has 0 bridgehead atoms. The summed E-state index contributed by atoms with van der Waals surface area (Å²) in [7, 11) is 1.49. The second-order valence-corrected chi connectivity index (χ2v) is 4.25. The van der Waals surface area contributed by atoms with E-state index in [2.05, 4.69) is 10.6 Å². The van der Waals surface area contributed by atoms with Crippen molar-refractivity contribution >= 4 is 17.8 Å². The van der Waals surface area contributed by atoms with E-state index in [-0.39, 0.29) is 13.0 Å². The molecule has 1 aliphatic rings. The molecule has 0 unspecified atom stereocenters. The second kappa shape index (κ2) is 5.19.